The van der Waals surface area contributed by atoms with E-state index in [1.165, 1.54) is 0 Å². The number of ketones is 1. The van der Waals surface area contributed by atoms with Gasteiger partial charge in [-0.15, -0.1) is 0 Å². The summed E-state index contributed by atoms with van der Waals surface area (Å²) >= 11 is 0. The molecule has 0 bridgehead atoms. The zero-order chi connectivity index (χ0) is 32.5. The van der Waals surface area contributed by atoms with Crippen molar-refractivity contribution in [2.45, 2.75) is 63.5 Å². The Morgan fingerprint density at radius 2 is 1.51 bits per heavy atom. The number of anilines is 1. The topological polar surface area (TPSA) is 143 Å². The van der Waals surface area contributed by atoms with E-state index in [4.69, 9.17) is 4.74 Å². The van der Waals surface area contributed by atoms with Gasteiger partial charge in [0.1, 0.15) is 12.6 Å². The van der Waals surface area contributed by atoms with Gasteiger partial charge in [0, 0.05) is 24.2 Å². The van der Waals surface area contributed by atoms with Crippen molar-refractivity contribution in [2.24, 2.45) is 11.8 Å². The van der Waals surface area contributed by atoms with Crippen LogP contribution in [0.5, 0.6) is 5.75 Å². The molecule has 1 heterocycles. The summed E-state index contributed by atoms with van der Waals surface area (Å²) in [6.07, 6.45) is 4.72. The SMILES string of the molecule is O=C(Nc1ccccc1)C(=O)N[C@@H](CC1CCCCC1)C(=O)N[C@@H](C[C@@H]1CCNC1=O)C(=O)COc1c(F)c(F)cc(F)c1F. The Morgan fingerprint density at radius 1 is 0.844 bits per heavy atom. The smallest absolute Gasteiger partial charge is 0.313 e. The maximum absolute atomic E-state index is 14.1. The predicted octanol–water partition coefficient (Wildman–Crippen LogP) is 3.30. The van der Waals surface area contributed by atoms with Crippen LogP contribution in [0.3, 0.4) is 0 Å². The minimum atomic E-state index is -1.85. The fourth-order valence-corrected chi connectivity index (χ4v) is 5.54. The summed E-state index contributed by atoms with van der Waals surface area (Å²) in [5, 5.41) is 10.0. The zero-order valence-corrected chi connectivity index (χ0v) is 24.3. The molecule has 2 fully saturated rings. The summed E-state index contributed by atoms with van der Waals surface area (Å²) in [4.78, 5) is 64.6. The molecule has 2 aromatic carbocycles. The maximum atomic E-state index is 14.1. The Bertz CT molecular complexity index is 1390. The first-order valence-electron chi connectivity index (χ1n) is 14.8. The number of benzene rings is 2. The number of carbonyl (C=O) groups is 5. The van der Waals surface area contributed by atoms with Gasteiger partial charge in [0.25, 0.3) is 0 Å². The molecule has 0 spiro atoms. The molecule has 0 aromatic heterocycles. The first-order chi connectivity index (χ1) is 21.5. The van der Waals surface area contributed by atoms with Crippen LogP contribution in [0.2, 0.25) is 0 Å². The maximum Gasteiger partial charge on any atom is 0.313 e. The molecule has 45 heavy (non-hydrogen) atoms. The summed E-state index contributed by atoms with van der Waals surface area (Å²) in [5.41, 5.74) is 0.359. The summed E-state index contributed by atoms with van der Waals surface area (Å²) in [7, 11) is 0. The molecule has 10 nitrogen and oxygen atoms in total. The third-order valence-corrected chi connectivity index (χ3v) is 7.97. The lowest BCUT2D eigenvalue weighted by molar-refractivity contribution is -0.138. The number of Topliss-reactive ketones (excluding diaryl/α,β-unsaturated/α-hetero) is 1. The minimum Gasteiger partial charge on any atom is -0.479 e. The first kappa shape index (κ1) is 33.4. The molecule has 14 heteroatoms. The van der Waals surface area contributed by atoms with E-state index in [-0.39, 0.29) is 30.7 Å². The van der Waals surface area contributed by atoms with Crippen LogP contribution in [-0.2, 0) is 24.0 Å². The van der Waals surface area contributed by atoms with E-state index in [0.29, 0.717) is 18.7 Å². The van der Waals surface area contributed by atoms with Crippen LogP contribution in [0.25, 0.3) is 0 Å². The van der Waals surface area contributed by atoms with Gasteiger partial charge in [0.2, 0.25) is 23.4 Å². The van der Waals surface area contributed by atoms with Gasteiger partial charge in [0.05, 0.1) is 6.04 Å². The largest absolute Gasteiger partial charge is 0.479 e. The Balaban J connectivity index is 1.50. The molecule has 1 aliphatic heterocycles. The second kappa shape index (κ2) is 15.5. The number of hydrogen-bond donors (Lipinski definition) is 4. The molecule has 0 unspecified atom stereocenters. The van der Waals surface area contributed by atoms with E-state index in [2.05, 4.69) is 21.3 Å². The van der Waals surface area contributed by atoms with Gasteiger partial charge in [-0.25, -0.2) is 8.78 Å². The average Bonchev–Trinajstić information content (AvgIpc) is 3.43. The van der Waals surface area contributed by atoms with E-state index < -0.39 is 77.1 Å². The lowest BCUT2D eigenvalue weighted by Gasteiger charge is -2.28. The molecule has 2 aromatic rings. The molecule has 1 saturated heterocycles. The van der Waals surface area contributed by atoms with Crippen molar-refractivity contribution in [3.05, 3.63) is 59.7 Å². The first-order valence-corrected chi connectivity index (χ1v) is 14.8. The molecule has 2 aliphatic rings. The lowest BCUT2D eigenvalue weighted by atomic mass is 9.84. The van der Waals surface area contributed by atoms with Crippen LogP contribution in [0.15, 0.2) is 36.4 Å². The third-order valence-electron chi connectivity index (χ3n) is 7.97. The van der Waals surface area contributed by atoms with Gasteiger partial charge >= 0.3 is 11.8 Å². The number of para-hydroxylation sites is 1. The van der Waals surface area contributed by atoms with Gasteiger partial charge in [-0.05, 0) is 37.3 Å². The molecule has 4 rings (SSSR count). The standard InChI is InChI=1S/C31H34F4N4O6/c32-20-15-21(33)26(35)27(25(20)34)45-16-24(40)22(14-18-11-12-36-28(18)41)38-29(42)23(13-17-7-3-1-4-8-17)39-31(44)30(43)37-19-9-5-2-6-10-19/h2,5-6,9-10,15,17-18,22-23H,1,3-4,7-8,11-14,16H2,(H,36,41)(H,37,43)(H,38,42)(H,39,44)/t18-,22-,23-/m0/s1. The van der Waals surface area contributed by atoms with E-state index in [9.17, 15) is 41.5 Å². The Hall–Kier alpha value is -4.49. The normalized spacial score (nSPS) is 18.0. The molecule has 242 valence electrons. The van der Waals surface area contributed by atoms with Gasteiger partial charge in [-0.2, -0.15) is 8.78 Å². The van der Waals surface area contributed by atoms with Crippen LogP contribution in [0.4, 0.5) is 23.2 Å². The second-order valence-corrected chi connectivity index (χ2v) is 11.2. The second-order valence-electron chi connectivity index (χ2n) is 11.2. The van der Waals surface area contributed by atoms with Gasteiger partial charge in [-0.1, -0.05) is 50.3 Å². The van der Waals surface area contributed by atoms with Crippen molar-refractivity contribution in [3.8, 4) is 5.75 Å². The number of ether oxygens (including phenoxy) is 1. The molecule has 4 N–H and O–H groups in total. The highest BCUT2D eigenvalue weighted by atomic mass is 19.2. The summed E-state index contributed by atoms with van der Waals surface area (Å²) in [5.74, 6) is -13.5. The average molecular weight is 635 g/mol. The van der Waals surface area contributed by atoms with Crippen molar-refractivity contribution < 1.29 is 46.3 Å². The molecule has 1 aliphatic carbocycles. The summed E-state index contributed by atoms with van der Waals surface area (Å²) in [6, 6.07) is 5.49. The van der Waals surface area contributed by atoms with Gasteiger partial charge < -0.3 is 26.0 Å². The lowest BCUT2D eigenvalue weighted by Crippen LogP contribution is -2.55. The fraction of sp³-hybridized carbons (Fsp3) is 0.452. The minimum absolute atomic E-state index is 0.0120. The van der Waals surface area contributed by atoms with Gasteiger partial charge in [0.15, 0.2) is 23.2 Å². The summed E-state index contributed by atoms with van der Waals surface area (Å²) in [6.45, 7) is -0.778. The Morgan fingerprint density at radius 3 is 2.13 bits per heavy atom. The van der Waals surface area contributed by atoms with Crippen molar-refractivity contribution in [1.29, 1.82) is 0 Å². The highest BCUT2D eigenvalue weighted by molar-refractivity contribution is 6.40. The highest BCUT2D eigenvalue weighted by Gasteiger charge is 2.35. The van der Waals surface area contributed by atoms with Crippen molar-refractivity contribution in [3.63, 3.8) is 0 Å². The predicted molar refractivity (Wildman–Crippen MR) is 153 cm³/mol. The van der Waals surface area contributed by atoms with Gasteiger partial charge in [-0.3, -0.25) is 24.0 Å². The van der Waals surface area contributed by atoms with Crippen LogP contribution < -0.4 is 26.0 Å². The van der Waals surface area contributed by atoms with Crippen molar-refractivity contribution in [1.82, 2.24) is 16.0 Å². The number of amides is 4. The number of hydrogen-bond acceptors (Lipinski definition) is 6. The highest BCUT2D eigenvalue weighted by Crippen LogP contribution is 2.28. The van der Waals surface area contributed by atoms with Crippen LogP contribution in [-0.4, -0.2) is 54.6 Å². The Labute approximate surface area is 256 Å². The van der Waals surface area contributed by atoms with Crippen molar-refractivity contribution in [2.75, 3.05) is 18.5 Å². The number of halogens is 4. The fourth-order valence-electron chi connectivity index (χ4n) is 5.54. The number of carbonyl (C=O) groups excluding carboxylic acids is 5. The van der Waals surface area contributed by atoms with E-state index >= 15 is 0 Å². The van der Waals surface area contributed by atoms with Crippen LogP contribution >= 0.6 is 0 Å². The molecule has 4 amide bonds. The Kier molecular flexibility index (Phi) is 11.5. The molecule has 0 radical (unpaired) electrons. The monoisotopic (exact) mass is 634 g/mol. The number of rotatable bonds is 12. The quantitative estimate of drug-likeness (QED) is 0.160. The van der Waals surface area contributed by atoms with E-state index in [0.717, 1.165) is 32.1 Å². The summed E-state index contributed by atoms with van der Waals surface area (Å²) < 4.78 is 60.4. The third kappa shape index (κ3) is 9.02. The van der Waals surface area contributed by atoms with E-state index in [1.807, 2.05) is 0 Å². The van der Waals surface area contributed by atoms with Crippen molar-refractivity contribution >= 4 is 35.1 Å². The van der Waals surface area contributed by atoms with E-state index in [1.54, 1.807) is 30.3 Å². The molecular formula is C31H34F4N4O6. The zero-order valence-electron chi connectivity index (χ0n) is 24.3. The van der Waals surface area contributed by atoms with Crippen LogP contribution in [0, 0.1) is 35.1 Å². The molecule has 3 atom stereocenters. The van der Waals surface area contributed by atoms with Crippen LogP contribution in [0.1, 0.15) is 51.4 Å². The molecule has 1 saturated carbocycles. The number of nitrogens with one attached hydrogen (secondary N) is 4. The molecular weight excluding hydrogens is 600 g/mol.